The second-order valence-electron chi connectivity index (χ2n) is 9.28. The van der Waals surface area contributed by atoms with Gasteiger partial charge in [0, 0.05) is 28.4 Å². The van der Waals surface area contributed by atoms with Crippen molar-refractivity contribution in [3.63, 3.8) is 0 Å². The lowest BCUT2D eigenvalue weighted by atomic mass is 9.77. The van der Waals surface area contributed by atoms with Crippen molar-refractivity contribution < 1.29 is 32.0 Å². The Morgan fingerprint density at radius 1 is 1.00 bits per heavy atom. The smallest absolute Gasteiger partial charge is 0.439 e. The van der Waals surface area contributed by atoms with E-state index in [1.54, 1.807) is 18.2 Å². The molecule has 1 amide bonds. The fourth-order valence-electron chi connectivity index (χ4n) is 3.41. The number of ether oxygens (including phenoxy) is 1. The molecule has 11 heteroatoms. The van der Waals surface area contributed by atoms with Gasteiger partial charge in [0.1, 0.15) is 5.75 Å². The third-order valence-electron chi connectivity index (χ3n) is 6.17. The quantitative estimate of drug-likeness (QED) is 0.414. The van der Waals surface area contributed by atoms with Crippen molar-refractivity contribution in [2.45, 2.75) is 45.1 Å². The maximum Gasteiger partial charge on any atom is 0.497 e. The van der Waals surface area contributed by atoms with E-state index in [2.05, 4.69) is 10.3 Å². The minimum Gasteiger partial charge on any atom is -0.439 e. The molecule has 1 aliphatic heterocycles. The number of aromatic nitrogens is 1. The molecule has 1 saturated heterocycles. The first-order chi connectivity index (χ1) is 16.7. The van der Waals surface area contributed by atoms with Gasteiger partial charge in [-0.2, -0.15) is 13.2 Å². The summed E-state index contributed by atoms with van der Waals surface area (Å²) in [5, 5.41) is 3.29. The number of nitrogens with one attached hydrogen (secondary N) is 1. The Labute approximate surface area is 211 Å². The summed E-state index contributed by atoms with van der Waals surface area (Å²) in [6.07, 6.45) is -3.13. The van der Waals surface area contributed by atoms with Crippen LogP contribution in [0.5, 0.6) is 11.6 Å². The Morgan fingerprint density at radius 2 is 1.64 bits per heavy atom. The van der Waals surface area contributed by atoms with E-state index in [9.17, 15) is 18.0 Å². The largest absolute Gasteiger partial charge is 0.497 e. The van der Waals surface area contributed by atoms with Gasteiger partial charge in [-0.05, 0) is 76.2 Å². The summed E-state index contributed by atoms with van der Waals surface area (Å²) >= 11 is 6.20. The SMILES string of the molecule is CC1(C)OB(c2cc(Cl)ccc2NC(=O)c2ccc(Oc3ccc(C(F)(F)F)cc3)nc2)OC1(C)C. The summed E-state index contributed by atoms with van der Waals surface area (Å²) in [5.41, 5.74) is -0.651. The highest BCUT2D eigenvalue weighted by Crippen LogP contribution is 2.37. The number of halogens is 4. The van der Waals surface area contributed by atoms with Gasteiger partial charge in [0.2, 0.25) is 5.88 Å². The topological polar surface area (TPSA) is 69.7 Å². The van der Waals surface area contributed by atoms with Crippen molar-refractivity contribution in [3.8, 4) is 11.6 Å². The van der Waals surface area contributed by atoms with Crippen LogP contribution in [0.4, 0.5) is 18.9 Å². The van der Waals surface area contributed by atoms with Crippen LogP contribution in [0.25, 0.3) is 0 Å². The van der Waals surface area contributed by atoms with E-state index in [0.29, 0.717) is 16.2 Å². The molecule has 1 aromatic heterocycles. The summed E-state index contributed by atoms with van der Waals surface area (Å²) in [5.74, 6) is -0.139. The molecular weight excluding hydrogens is 496 g/mol. The molecule has 0 saturated carbocycles. The van der Waals surface area contributed by atoms with Crippen LogP contribution in [0.3, 0.4) is 0 Å². The summed E-state index contributed by atoms with van der Waals surface area (Å²) in [4.78, 5) is 17.0. The summed E-state index contributed by atoms with van der Waals surface area (Å²) < 4.78 is 55.8. The van der Waals surface area contributed by atoms with Gasteiger partial charge < -0.3 is 19.4 Å². The second kappa shape index (κ2) is 9.42. The summed E-state index contributed by atoms with van der Waals surface area (Å²) in [7, 11) is -0.735. The Kier molecular flexibility index (Phi) is 6.81. The Bertz CT molecular complexity index is 1250. The molecule has 36 heavy (non-hydrogen) atoms. The molecule has 4 rings (SSSR count). The van der Waals surface area contributed by atoms with Gasteiger partial charge in [0.05, 0.1) is 22.3 Å². The van der Waals surface area contributed by atoms with Crippen LogP contribution >= 0.6 is 11.6 Å². The molecule has 1 fully saturated rings. The van der Waals surface area contributed by atoms with Crippen LogP contribution < -0.4 is 15.5 Å². The van der Waals surface area contributed by atoms with Crippen molar-refractivity contribution in [1.82, 2.24) is 4.98 Å². The van der Waals surface area contributed by atoms with Crippen LogP contribution in [-0.2, 0) is 15.5 Å². The first kappa shape index (κ1) is 26.0. The van der Waals surface area contributed by atoms with Crippen molar-refractivity contribution in [2.24, 2.45) is 0 Å². The number of amides is 1. The lowest BCUT2D eigenvalue weighted by molar-refractivity contribution is -0.137. The average Bonchev–Trinajstić information content (AvgIpc) is 3.02. The van der Waals surface area contributed by atoms with Gasteiger partial charge in [-0.1, -0.05) is 11.6 Å². The Morgan fingerprint density at radius 3 is 2.19 bits per heavy atom. The maximum absolute atomic E-state index is 12.9. The van der Waals surface area contributed by atoms with Gasteiger partial charge in [0.25, 0.3) is 5.91 Å². The zero-order valence-electron chi connectivity index (χ0n) is 19.9. The molecule has 188 valence electrons. The molecule has 0 radical (unpaired) electrons. The highest BCUT2D eigenvalue weighted by Gasteiger charge is 2.52. The highest BCUT2D eigenvalue weighted by molar-refractivity contribution is 6.64. The minimum absolute atomic E-state index is 0.121. The highest BCUT2D eigenvalue weighted by atomic mass is 35.5. The normalized spacial score (nSPS) is 16.6. The van der Waals surface area contributed by atoms with E-state index in [-0.39, 0.29) is 17.2 Å². The number of hydrogen-bond acceptors (Lipinski definition) is 5. The van der Waals surface area contributed by atoms with Crippen LogP contribution in [0.15, 0.2) is 60.8 Å². The van der Waals surface area contributed by atoms with Crippen molar-refractivity contribution >= 4 is 35.8 Å². The number of benzene rings is 2. The Balaban J connectivity index is 1.47. The number of nitrogens with zero attached hydrogens (tertiary/aromatic N) is 1. The molecule has 1 aliphatic rings. The second-order valence-corrected chi connectivity index (χ2v) is 9.72. The van der Waals surface area contributed by atoms with E-state index in [1.807, 2.05) is 27.7 Å². The van der Waals surface area contributed by atoms with E-state index in [4.69, 9.17) is 25.6 Å². The third-order valence-corrected chi connectivity index (χ3v) is 6.41. The molecule has 6 nitrogen and oxygen atoms in total. The molecule has 0 spiro atoms. The number of hydrogen-bond donors (Lipinski definition) is 1. The lowest BCUT2D eigenvalue weighted by Crippen LogP contribution is -2.41. The Hall–Kier alpha value is -3.08. The van der Waals surface area contributed by atoms with Crippen LogP contribution in [0.1, 0.15) is 43.6 Å². The number of alkyl halides is 3. The van der Waals surface area contributed by atoms with E-state index in [0.717, 1.165) is 12.1 Å². The zero-order chi connectivity index (χ0) is 26.3. The maximum atomic E-state index is 12.9. The minimum atomic E-state index is -4.43. The van der Waals surface area contributed by atoms with E-state index in [1.165, 1.54) is 30.5 Å². The van der Waals surface area contributed by atoms with Gasteiger partial charge in [0.15, 0.2) is 0 Å². The van der Waals surface area contributed by atoms with E-state index < -0.39 is 36.0 Å². The fourth-order valence-corrected chi connectivity index (χ4v) is 3.60. The van der Waals surface area contributed by atoms with Crippen molar-refractivity contribution in [3.05, 3.63) is 76.9 Å². The first-order valence-electron chi connectivity index (χ1n) is 11.0. The van der Waals surface area contributed by atoms with Gasteiger partial charge in [-0.25, -0.2) is 4.98 Å². The molecular formula is C25H23BClF3N2O4. The number of anilines is 1. The lowest BCUT2D eigenvalue weighted by Gasteiger charge is -2.32. The number of rotatable bonds is 5. The molecule has 0 bridgehead atoms. The van der Waals surface area contributed by atoms with Crippen LogP contribution in [-0.4, -0.2) is 29.2 Å². The summed E-state index contributed by atoms with van der Waals surface area (Å²) in [6.45, 7) is 7.71. The zero-order valence-corrected chi connectivity index (χ0v) is 20.7. The first-order valence-corrected chi connectivity index (χ1v) is 11.4. The van der Waals surface area contributed by atoms with Gasteiger partial charge >= 0.3 is 13.3 Å². The number of carbonyl (C=O) groups is 1. The predicted molar refractivity (Wildman–Crippen MR) is 131 cm³/mol. The molecule has 0 atom stereocenters. The molecule has 2 aromatic carbocycles. The van der Waals surface area contributed by atoms with Gasteiger partial charge in [-0.3, -0.25) is 4.79 Å². The third kappa shape index (κ3) is 5.51. The molecule has 0 unspecified atom stereocenters. The number of pyridine rings is 1. The van der Waals surface area contributed by atoms with Crippen LogP contribution in [0, 0.1) is 0 Å². The monoisotopic (exact) mass is 518 g/mol. The number of carbonyl (C=O) groups excluding carboxylic acids is 1. The molecule has 3 aromatic rings. The average molecular weight is 519 g/mol. The molecule has 0 aliphatic carbocycles. The predicted octanol–water partition coefficient (Wildman–Crippen LogP) is 6.10. The summed E-state index contributed by atoms with van der Waals surface area (Å²) in [6, 6.07) is 12.2. The van der Waals surface area contributed by atoms with Crippen molar-refractivity contribution in [1.29, 1.82) is 0 Å². The van der Waals surface area contributed by atoms with E-state index >= 15 is 0 Å². The van der Waals surface area contributed by atoms with Gasteiger partial charge in [-0.15, -0.1) is 0 Å². The fraction of sp³-hybridized carbons (Fsp3) is 0.280. The molecule has 2 heterocycles. The van der Waals surface area contributed by atoms with Crippen molar-refractivity contribution in [2.75, 3.05) is 5.32 Å². The molecule has 1 N–H and O–H groups in total. The standard InChI is InChI=1S/C25H23BClF3N2O4/c1-23(2)24(3,4)36-26(35-23)19-13-17(27)8-11-20(19)32-22(33)15-5-12-21(31-14-15)34-18-9-6-16(7-10-18)25(28,29)30/h5-14H,1-4H3,(H,32,33). The van der Waals surface area contributed by atoms with Crippen LogP contribution in [0.2, 0.25) is 5.02 Å².